The monoisotopic (exact) mass is 268 g/mol. The predicted octanol–water partition coefficient (Wildman–Crippen LogP) is 3.98. The van der Waals surface area contributed by atoms with Gasteiger partial charge in [0.05, 0.1) is 0 Å². The number of benzene rings is 2. The maximum Gasteiger partial charge on any atom is 0.306 e. The first-order valence-electron chi connectivity index (χ1n) is 6.91. The third-order valence-corrected chi connectivity index (χ3v) is 3.43. The summed E-state index contributed by atoms with van der Waals surface area (Å²) < 4.78 is 5.26. The summed E-state index contributed by atoms with van der Waals surface area (Å²) in [5.41, 5.74) is 4.75. The summed E-state index contributed by atoms with van der Waals surface area (Å²) in [6.07, 6.45) is 1.16. The SMILES string of the molecule is Cc1ccc(CCC(=O)OCc2ccccc2)cc1C. The number of esters is 1. The maximum atomic E-state index is 11.7. The second-order valence-corrected chi connectivity index (χ2v) is 5.06. The van der Waals surface area contributed by atoms with Crippen LogP contribution in [-0.2, 0) is 22.6 Å². The average molecular weight is 268 g/mol. The van der Waals surface area contributed by atoms with Gasteiger partial charge in [0.25, 0.3) is 0 Å². The Bertz CT molecular complexity index is 573. The molecule has 0 aliphatic heterocycles. The van der Waals surface area contributed by atoms with Crippen LogP contribution >= 0.6 is 0 Å². The molecule has 0 radical (unpaired) electrons. The van der Waals surface area contributed by atoms with E-state index in [4.69, 9.17) is 4.74 Å². The molecule has 0 bridgehead atoms. The Kier molecular flexibility index (Phi) is 4.94. The molecule has 20 heavy (non-hydrogen) atoms. The fourth-order valence-corrected chi connectivity index (χ4v) is 2.02. The Hall–Kier alpha value is -2.09. The maximum absolute atomic E-state index is 11.7. The van der Waals surface area contributed by atoms with Gasteiger partial charge in [-0.1, -0.05) is 48.5 Å². The van der Waals surface area contributed by atoms with Crippen LogP contribution in [0.25, 0.3) is 0 Å². The van der Waals surface area contributed by atoms with Gasteiger partial charge < -0.3 is 4.74 Å². The van der Waals surface area contributed by atoms with E-state index in [1.54, 1.807) is 0 Å². The van der Waals surface area contributed by atoms with Crippen molar-refractivity contribution < 1.29 is 9.53 Å². The summed E-state index contributed by atoms with van der Waals surface area (Å²) in [7, 11) is 0. The van der Waals surface area contributed by atoms with Gasteiger partial charge in [0.1, 0.15) is 6.61 Å². The molecule has 0 unspecified atom stereocenters. The molecular weight excluding hydrogens is 248 g/mol. The van der Waals surface area contributed by atoms with Gasteiger partial charge in [0.2, 0.25) is 0 Å². The van der Waals surface area contributed by atoms with Crippen LogP contribution in [0.3, 0.4) is 0 Å². The van der Waals surface area contributed by atoms with E-state index in [0.29, 0.717) is 13.0 Å². The Labute approximate surface area is 120 Å². The van der Waals surface area contributed by atoms with E-state index in [9.17, 15) is 4.79 Å². The van der Waals surface area contributed by atoms with Crippen molar-refractivity contribution in [2.45, 2.75) is 33.3 Å². The minimum Gasteiger partial charge on any atom is -0.461 e. The molecule has 0 aliphatic carbocycles. The zero-order valence-electron chi connectivity index (χ0n) is 12.1. The quantitative estimate of drug-likeness (QED) is 0.767. The molecule has 2 aromatic carbocycles. The molecular formula is C18H20O2. The Balaban J connectivity index is 1.79. The Morgan fingerprint density at radius 1 is 0.950 bits per heavy atom. The van der Waals surface area contributed by atoms with Crippen molar-refractivity contribution in [3.05, 3.63) is 70.8 Å². The van der Waals surface area contributed by atoms with Crippen LogP contribution in [0, 0.1) is 13.8 Å². The third-order valence-electron chi connectivity index (χ3n) is 3.43. The van der Waals surface area contributed by atoms with E-state index >= 15 is 0 Å². The molecule has 104 valence electrons. The molecule has 0 aliphatic rings. The van der Waals surface area contributed by atoms with Crippen LogP contribution in [0.2, 0.25) is 0 Å². The second kappa shape index (κ2) is 6.90. The molecule has 0 spiro atoms. The highest BCUT2D eigenvalue weighted by atomic mass is 16.5. The zero-order chi connectivity index (χ0) is 14.4. The lowest BCUT2D eigenvalue weighted by Crippen LogP contribution is -2.06. The molecule has 0 amide bonds. The largest absolute Gasteiger partial charge is 0.461 e. The van der Waals surface area contributed by atoms with Crippen molar-refractivity contribution in [1.29, 1.82) is 0 Å². The predicted molar refractivity (Wildman–Crippen MR) is 80.5 cm³/mol. The Morgan fingerprint density at radius 2 is 1.70 bits per heavy atom. The molecule has 0 atom stereocenters. The molecule has 2 rings (SSSR count). The number of ether oxygens (including phenoxy) is 1. The molecule has 2 heteroatoms. The lowest BCUT2D eigenvalue weighted by Gasteiger charge is -2.06. The van der Waals surface area contributed by atoms with Gasteiger partial charge in [-0.25, -0.2) is 0 Å². The van der Waals surface area contributed by atoms with E-state index in [-0.39, 0.29) is 5.97 Å². The first-order chi connectivity index (χ1) is 9.65. The minimum absolute atomic E-state index is 0.146. The minimum atomic E-state index is -0.146. The zero-order valence-corrected chi connectivity index (χ0v) is 12.1. The molecule has 0 saturated carbocycles. The van der Waals surface area contributed by atoms with Crippen LogP contribution in [0.1, 0.15) is 28.7 Å². The molecule has 0 N–H and O–H groups in total. The average Bonchev–Trinajstić information content (AvgIpc) is 2.47. The van der Waals surface area contributed by atoms with Gasteiger partial charge in [-0.2, -0.15) is 0 Å². The van der Waals surface area contributed by atoms with E-state index in [0.717, 1.165) is 12.0 Å². The summed E-state index contributed by atoms with van der Waals surface area (Å²) in [5, 5.41) is 0. The summed E-state index contributed by atoms with van der Waals surface area (Å²) in [6, 6.07) is 16.1. The van der Waals surface area contributed by atoms with Crippen LogP contribution in [0.4, 0.5) is 0 Å². The van der Waals surface area contributed by atoms with E-state index in [2.05, 4.69) is 32.0 Å². The van der Waals surface area contributed by atoms with Crippen molar-refractivity contribution >= 4 is 5.97 Å². The first-order valence-corrected chi connectivity index (χ1v) is 6.91. The second-order valence-electron chi connectivity index (χ2n) is 5.06. The van der Waals surface area contributed by atoms with Crippen LogP contribution in [0.5, 0.6) is 0 Å². The smallest absolute Gasteiger partial charge is 0.306 e. The lowest BCUT2D eigenvalue weighted by molar-refractivity contribution is -0.144. The summed E-state index contributed by atoms with van der Waals surface area (Å²) in [4.78, 5) is 11.7. The molecule has 2 nitrogen and oxygen atoms in total. The standard InChI is InChI=1S/C18H20O2/c1-14-8-9-16(12-15(14)2)10-11-18(19)20-13-17-6-4-3-5-7-17/h3-9,12H,10-11,13H2,1-2H3. The van der Waals surface area contributed by atoms with Gasteiger partial charge in [-0.3, -0.25) is 4.79 Å². The molecule has 2 aromatic rings. The topological polar surface area (TPSA) is 26.3 Å². The number of carbonyl (C=O) groups excluding carboxylic acids is 1. The highest BCUT2D eigenvalue weighted by Crippen LogP contribution is 2.12. The van der Waals surface area contributed by atoms with Crippen LogP contribution in [-0.4, -0.2) is 5.97 Å². The normalized spacial score (nSPS) is 10.3. The molecule has 0 saturated heterocycles. The van der Waals surface area contributed by atoms with Crippen molar-refractivity contribution in [1.82, 2.24) is 0 Å². The van der Waals surface area contributed by atoms with Crippen LogP contribution < -0.4 is 0 Å². The highest BCUT2D eigenvalue weighted by Gasteiger charge is 2.05. The van der Waals surface area contributed by atoms with Crippen molar-refractivity contribution in [2.75, 3.05) is 0 Å². The van der Waals surface area contributed by atoms with Gasteiger partial charge in [-0.05, 0) is 42.5 Å². The number of aryl methyl sites for hydroxylation is 3. The van der Waals surface area contributed by atoms with E-state index in [1.807, 2.05) is 30.3 Å². The van der Waals surface area contributed by atoms with E-state index in [1.165, 1.54) is 16.7 Å². The number of rotatable bonds is 5. The van der Waals surface area contributed by atoms with Crippen LogP contribution in [0.15, 0.2) is 48.5 Å². The number of hydrogen-bond acceptors (Lipinski definition) is 2. The summed E-state index contributed by atoms with van der Waals surface area (Å²) >= 11 is 0. The fraction of sp³-hybridized carbons (Fsp3) is 0.278. The number of carbonyl (C=O) groups is 1. The number of hydrogen-bond donors (Lipinski definition) is 0. The summed E-state index contributed by atoms with van der Waals surface area (Å²) in [5.74, 6) is -0.146. The highest BCUT2D eigenvalue weighted by molar-refractivity contribution is 5.69. The molecule has 0 aromatic heterocycles. The summed E-state index contributed by atoms with van der Waals surface area (Å²) in [6.45, 7) is 4.53. The first kappa shape index (κ1) is 14.3. The molecule has 0 fully saturated rings. The lowest BCUT2D eigenvalue weighted by atomic mass is 10.0. The van der Waals surface area contributed by atoms with Crippen molar-refractivity contribution in [3.63, 3.8) is 0 Å². The van der Waals surface area contributed by atoms with Crippen molar-refractivity contribution in [3.8, 4) is 0 Å². The van der Waals surface area contributed by atoms with Gasteiger partial charge >= 0.3 is 5.97 Å². The third kappa shape index (κ3) is 4.23. The molecule has 0 heterocycles. The van der Waals surface area contributed by atoms with Crippen molar-refractivity contribution in [2.24, 2.45) is 0 Å². The fourth-order valence-electron chi connectivity index (χ4n) is 2.02. The van der Waals surface area contributed by atoms with Gasteiger partial charge in [0, 0.05) is 6.42 Å². The Morgan fingerprint density at radius 3 is 2.40 bits per heavy atom. The van der Waals surface area contributed by atoms with Gasteiger partial charge in [-0.15, -0.1) is 0 Å². The van der Waals surface area contributed by atoms with E-state index < -0.39 is 0 Å². The van der Waals surface area contributed by atoms with Gasteiger partial charge in [0.15, 0.2) is 0 Å².